The van der Waals surface area contributed by atoms with Gasteiger partial charge < -0.3 is 0 Å². The van der Waals surface area contributed by atoms with Crippen LogP contribution in [-0.2, 0) is 13.0 Å². The summed E-state index contributed by atoms with van der Waals surface area (Å²) in [5, 5.41) is 0. The van der Waals surface area contributed by atoms with E-state index in [0.717, 1.165) is 50.9 Å². The van der Waals surface area contributed by atoms with E-state index in [4.69, 9.17) is 0 Å². The molecule has 3 rings (SSSR count). The molecule has 31 heavy (non-hydrogen) atoms. The molecule has 1 unspecified atom stereocenters. The molecule has 1 atom stereocenters. The van der Waals surface area contributed by atoms with Crippen LogP contribution in [0.3, 0.4) is 0 Å². The Hall–Kier alpha value is -1.58. The molecular formula is C28H38FNS. The number of nitrogens with zero attached hydrogens (tertiary/aromatic N) is 1. The number of hydrogen-bond donors (Lipinski definition) is 0. The second-order valence-corrected chi connectivity index (χ2v) is 10.7. The summed E-state index contributed by atoms with van der Waals surface area (Å²) in [6, 6.07) is 11.8. The molecule has 1 saturated heterocycles. The average molecular weight is 440 g/mol. The van der Waals surface area contributed by atoms with Gasteiger partial charge in [0.1, 0.15) is 5.82 Å². The number of halogens is 1. The van der Waals surface area contributed by atoms with Gasteiger partial charge in [-0.25, -0.2) is 4.39 Å². The van der Waals surface area contributed by atoms with Crippen LogP contribution in [0, 0.1) is 5.82 Å². The molecule has 0 aromatic heterocycles. The van der Waals surface area contributed by atoms with Crippen molar-refractivity contribution in [3.8, 4) is 11.1 Å². The smallest absolute Gasteiger partial charge is 0.123 e. The summed E-state index contributed by atoms with van der Waals surface area (Å²) < 4.78 is 13.9. The summed E-state index contributed by atoms with van der Waals surface area (Å²) in [5.41, 5.74) is 7.97. The monoisotopic (exact) mass is 439 g/mol. The van der Waals surface area contributed by atoms with Gasteiger partial charge in [0.05, 0.1) is 0 Å². The predicted molar refractivity (Wildman–Crippen MR) is 135 cm³/mol. The van der Waals surface area contributed by atoms with Crippen molar-refractivity contribution in [2.24, 2.45) is 0 Å². The van der Waals surface area contributed by atoms with Crippen LogP contribution in [0.4, 0.5) is 4.39 Å². The second kappa shape index (κ2) is 10.4. The minimum atomic E-state index is -0.177. The summed E-state index contributed by atoms with van der Waals surface area (Å²) in [6.07, 6.45) is 6.65. The fourth-order valence-corrected chi connectivity index (χ4v) is 5.86. The summed E-state index contributed by atoms with van der Waals surface area (Å²) in [6.45, 7) is 16.4. The maximum atomic E-state index is 13.5. The Kier molecular flexibility index (Phi) is 8.04. The van der Waals surface area contributed by atoms with Gasteiger partial charge in [0, 0.05) is 24.4 Å². The van der Waals surface area contributed by atoms with E-state index >= 15 is 0 Å². The molecule has 0 saturated carbocycles. The molecule has 168 valence electrons. The molecule has 0 bridgehead atoms. The van der Waals surface area contributed by atoms with Crippen molar-refractivity contribution >= 4 is 11.8 Å². The van der Waals surface area contributed by atoms with E-state index in [2.05, 4.69) is 57.6 Å². The third-order valence-corrected chi connectivity index (χ3v) is 7.93. The fourth-order valence-electron chi connectivity index (χ4n) is 4.85. The molecule has 2 aromatic carbocycles. The van der Waals surface area contributed by atoms with E-state index < -0.39 is 0 Å². The van der Waals surface area contributed by atoms with Crippen LogP contribution in [0.25, 0.3) is 11.1 Å². The zero-order chi connectivity index (χ0) is 22.6. The first-order valence-corrected chi connectivity index (χ1v) is 12.9. The fraction of sp³-hybridized carbons (Fsp3) is 0.500. The molecule has 3 heteroatoms. The molecular weight excluding hydrogens is 401 g/mol. The molecule has 0 aliphatic carbocycles. The van der Waals surface area contributed by atoms with Crippen molar-refractivity contribution in [2.75, 3.05) is 19.3 Å². The second-order valence-electron chi connectivity index (χ2n) is 9.44. The van der Waals surface area contributed by atoms with E-state index in [1.54, 1.807) is 12.1 Å². The van der Waals surface area contributed by atoms with Crippen LogP contribution in [0.5, 0.6) is 0 Å². The topological polar surface area (TPSA) is 3.24 Å². The molecule has 1 nitrogen and oxygen atoms in total. The normalized spacial score (nSPS) is 16.7. The molecule has 2 aromatic rings. The molecule has 1 heterocycles. The molecule has 0 radical (unpaired) electrons. The first-order chi connectivity index (χ1) is 14.8. The van der Waals surface area contributed by atoms with Crippen LogP contribution in [0.2, 0.25) is 0 Å². The van der Waals surface area contributed by atoms with E-state index in [9.17, 15) is 4.39 Å². The van der Waals surface area contributed by atoms with Crippen LogP contribution < -0.4 is 0 Å². The lowest BCUT2D eigenvalue weighted by Gasteiger charge is -2.50. The number of rotatable bonds is 10. The van der Waals surface area contributed by atoms with E-state index in [1.165, 1.54) is 27.8 Å². The lowest BCUT2D eigenvalue weighted by molar-refractivity contribution is 0.118. The van der Waals surface area contributed by atoms with Gasteiger partial charge in [-0.1, -0.05) is 57.0 Å². The maximum Gasteiger partial charge on any atom is 0.123 e. The Morgan fingerprint density at radius 2 is 1.84 bits per heavy atom. The number of hydrogen-bond acceptors (Lipinski definition) is 2. The summed E-state index contributed by atoms with van der Waals surface area (Å²) in [5.74, 6) is 0.295. The minimum absolute atomic E-state index is 0.177. The largest absolute Gasteiger partial charge is 0.296 e. The standard InChI is InChI=1S/C28H38FNS/c1-7-9-23-14-27(22-10-12-25(29)13-11-22)26(21(5)8-2)15-24(23)17-30-18-28(19-30,31-6)16-20(3)4/h10-15,21H,3,7-9,16-19H2,1-2,4-6H3. The summed E-state index contributed by atoms with van der Waals surface area (Å²) in [7, 11) is 0. The Labute approximate surface area is 193 Å². The number of benzene rings is 2. The van der Waals surface area contributed by atoms with Gasteiger partial charge in [-0.3, -0.25) is 4.90 Å². The van der Waals surface area contributed by atoms with E-state index in [1.807, 2.05) is 23.9 Å². The van der Waals surface area contributed by atoms with Crippen LogP contribution in [0.15, 0.2) is 48.6 Å². The SMILES string of the molecule is C=C(C)CC1(SC)CN(Cc2cc(C(C)CC)c(-c3ccc(F)cc3)cc2CCC)C1. The molecule has 1 aliphatic rings. The van der Waals surface area contributed by atoms with Crippen molar-refractivity contribution in [3.05, 3.63) is 71.1 Å². The van der Waals surface area contributed by atoms with Gasteiger partial charge in [0.25, 0.3) is 0 Å². The molecule has 1 fully saturated rings. The Morgan fingerprint density at radius 1 is 1.16 bits per heavy atom. The first-order valence-electron chi connectivity index (χ1n) is 11.6. The van der Waals surface area contributed by atoms with Crippen LogP contribution in [0.1, 0.15) is 69.6 Å². The number of likely N-dealkylation sites (tertiary alicyclic amines) is 1. The number of aryl methyl sites for hydroxylation is 1. The number of thioether (sulfide) groups is 1. The van der Waals surface area contributed by atoms with Crippen molar-refractivity contribution in [3.63, 3.8) is 0 Å². The minimum Gasteiger partial charge on any atom is -0.296 e. The van der Waals surface area contributed by atoms with Crippen molar-refractivity contribution in [1.29, 1.82) is 0 Å². The van der Waals surface area contributed by atoms with E-state index in [-0.39, 0.29) is 5.82 Å². The highest BCUT2D eigenvalue weighted by Crippen LogP contribution is 2.41. The third kappa shape index (κ3) is 5.62. The zero-order valence-electron chi connectivity index (χ0n) is 19.9. The van der Waals surface area contributed by atoms with Crippen molar-refractivity contribution < 1.29 is 4.39 Å². The zero-order valence-corrected chi connectivity index (χ0v) is 20.7. The van der Waals surface area contributed by atoms with E-state index in [0.29, 0.717) is 10.7 Å². The Bertz CT molecular complexity index is 896. The molecule has 1 aliphatic heterocycles. The Morgan fingerprint density at radius 3 is 2.39 bits per heavy atom. The van der Waals surface area contributed by atoms with Crippen LogP contribution in [-0.4, -0.2) is 29.0 Å². The van der Waals surface area contributed by atoms with Gasteiger partial charge in [-0.2, -0.15) is 11.8 Å². The summed E-state index contributed by atoms with van der Waals surface area (Å²) >= 11 is 2.00. The highest BCUT2D eigenvalue weighted by molar-refractivity contribution is 8.00. The quantitative estimate of drug-likeness (QED) is 0.347. The van der Waals surface area contributed by atoms with Crippen molar-refractivity contribution in [2.45, 2.75) is 70.6 Å². The number of allylic oxidation sites excluding steroid dienone is 1. The highest BCUT2D eigenvalue weighted by Gasteiger charge is 2.42. The summed E-state index contributed by atoms with van der Waals surface area (Å²) in [4.78, 5) is 2.59. The molecule has 0 amide bonds. The lowest BCUT2D eigenvalue weighted by Crippen LogP contribution is -2.59. The Balaban J connectivity index is 1.93. The van der Waals surface area contributed by atoms with Crippen molar-refractivity contribution in [1.82, 2.24) is 4.90 Å². The van der Waals surface area contributed by atoms with Gasteiger partial charge in [0.2, 0.25) is 0 Å². The maximum absolute atomic E-state index is 13.5. The van der Waals surface area contributed by atoms with Crippen LogP contribution >= 0.6 is 11.8 Å². The molecule has 0 spiro atoms. The first kappa shape index (κ1) is 24.1. The average Bonchev–Trinajstić information content (AvgIpc) is 2.72. The van der Waals surface area contributed by atoms with Gasteiger partial charge in [-0.05, 0) is 78.3 Å². The van der Waals surface area contributed by atoms with Gasteiger partial charge in [-0.15, -0.1) is 6.58 Å². The van der Waals surface area contributed by atoms with Gasteiger partial charge >= 0.3 is 0 Å². The highest BCUT2D eigenvalue weighted by atomic mass is 32.2. The van der Waals surface area contributed by atoms with Gasteiger partial charge in [0.15, 0.2) is 0 Å². The molecule has 0 N–H and O–H groups in total. The lowest BCUT2D eigenvalue weighted by atomic mass is 9.85. The third-order valence-electron chi connectivity index (χ3n) is 6.66. The predicted octanol–water partition coefficient (Wildman–Crippen LogP) is 7.84.